The number of carbonyl (C=O) groups is 2. The van der Waals surface area contributed by atoms with Crippen molar-refractivity contribution in [1.29, 1.82) is 0 Å². The fourth-order valence-electron chi connectivity index (χ4n) is 2.20. The quantitative estimate of drug-likeness (QED) is 0.874. The van der Waals surface area contributed by atoms with Gasteiger partial charge in [-0.2, -0.15) is 0 Å². The van der Waals surface area contributed by atoms with E-state index in [1.165, 1.54) is 11.3 Å². The molecule has 2 heterocycles. The van der Waals surface area contributed by atoms with Crippen LogP contribution in [0.1, 0.15) is 24.3 Å². The van der Waals surface area contributed by atoms with Gasteiger partial charge in [0.2, 0.25) is 5.91 Å². The third kappa shape index (κ3) is 1.71. The van der Waals surface area contributed by atoms with Gasteiger partial charge >= 0.3 is 5.97 Å². The molecule has 0 aromatic carbocycles. The Balaban J connectivity index is 2.36. The van der Waals surface area contributed by atoms with Crippen LogP contribution in [-0.4, -0.2) is 28.4 Å². The summed E-state index contributed by atoms with van der Waals surface area (Å²) in [5.74, 6) is -1.55. The minimum absolute atomic E-state index is 0.0618. The molecule has 0 aliphatic carbocycles. The Kier molecular flexibility index (Phi) is 2.96. The number of rotatable bonds is 3. The zero-order valence-corrected chi connectivity index (χ0v) is 9.74. The third-order valence-corrected chi connectivity index (χ3v) is 3.87. The van der Waals surface area contributed by atoms with E-state index in [1.54, 1.807) is 4.90 Å². The van der Waals surface area contributed by atoms with E-state index in [2.05, 4.69) is 0 Å². The van der Waals surface area contributed by atoms with Gasteiger partial charge in [0.05, 0.1) is 12.0 Å². The molecule has 1 aliphatic heterocycles. The second kappa shape index (κ2) is 4.25. The first-order valence-electron chi connectivity index (χ1n) is 5.20. The van der Waals surface area contributed by atoms with Crippen molar-refractivity contribution >= 4 is 23.2 Å². The van der Waals surface area contributed by atoms with Crippen molar-refractivity contribution in [3.8, 4) is 0 Å². The van der Waals surface area contributed by atoms with Crippen LogP contribution in [0.2, 0.25) is 0 Å². The summed E-state index contributed by atoms with van der Waals surface area (Å²) in [6, 6.07) is 3.50. The van der Waals surface area contributed by atoms with Crippen LogP contribution in [0.15, 0.2) is 17.5 Å². The molecule has 0 radical (unpaired) electrons. The van der Waals surface area contributed by atoms with Gasteiger partial charge in [0.15, 0.2) is 0 Å². The molecule has 5 heteroatoms. The van der Waals surface area contributed by atoms with E-state index in [-0.39, 0.29) is 18.4 Å². The molecule has 1 aromatic rings. The topological polar surface area (TPSA) is 57.6 Å². The van der Waals surface area contributed by atoms with Gasteiger partial charge in [-0.05, 0) is 18.4 Å². The Hall–Kier alpha value is -1.36. The van der Waals surface area contributed by atoms with Crippen LogP contribution in [0.3, 0.4) is 0 Å². The molecule has 1 N–H and O–H groups in total. The molecule has 2 rings (SSSR count). The molecule has 16 heavy (non-hydrogen) atoms. The number of hydrogen-bond acceptors (Lipinski definition) is 3. The first-order valence-corrected chi connectivity index (χ1v) is 6.08. The Morgan fingerprint density at radius 2 is 2.44 bits per heavy atom. The van der Waals surface area contributed by atoms with Crippen LogP contribution in [-0.2, 0) is 9.59 Å². The highest BCUT2D eigenvalue weighted by Gasteiger charge is 2.44. The standard InChI is InChI=1S/C11H13NO3S/c1-2-12-9(13)6-7(11(14)15)10(12)8-4-3-5-16-8/h3-5,7,10H,2,6H2,1H3,(H,14,15)/t7-,10-/m0/s1. The second-order valence-corrected chi connectivity index (χ2v) is 4.77. The minimum Gasteiger partial charge on any atom is -0.481 e. The lowest BCUT2D eigenvalue weighted by molar-refractivity contribution is -0.142. The molecule has 86 valence electrons. The number of carbonyl (C=O) groups excluding carboxylic acids is 1. The fraction of sp³-hybridized carbons (Fsp3) is 0.455. The molecule has 1 aromatic heterocycles. The van der Waals surface area contributed by atoms with Crippen molar-refractivity contribution < 1.29 is 14.7 Å². The van der Waals surface area contributed by atoms with Crippen LogP contribution in [0, 0.1) is 5.92 Å². The van der Waals surface area contributed by atoms with Crippen molar-refractivity contribution in [2.75, 3.05) is 6.54 Å². The maximum absolute atomic E-state index is 11.7. The van der Waals surface area contributed by atoms with Gasteiger partial charge in [0.1, 0.15) is 0 Å². The summed E-state index contributed by atoms with van der Waals surface area (Å²) in [7, 11) is 0. The van der Waals surface area contributed by atoms with Crippen molar-refractivity contribution in [3.63, 3.8) is 0 Å². The number of aliphatic carboxylic acids is 1. The van der Waals surface area contributed by atoms with E-state index in [9.17, 15) is 9.59 Å². The van der Waals surface area contributed by atoms with Gasteiger partial charge in [-0.15, -0.1) is 11.3 Å². The Morgan fingerprint density at radius 1 is 1.69 bits per heavy atom. The smallest absolute Gasteiger partial charge is 0.309 e. The number of amides is 1. The van der Waals surface area contributed by atoms with Crippen LogP contribution in [0.25, 0.3) is 0 Å². The van der Waals surface area contributed by atoms with Crippen molar-refractivity contribution in [1.82, 2.24) is 4.90 Å². The molecular weight excluding hydrogens is 226 g/mol. The lowest BCUT2D eigenvalue weighted by atomic mass is 9.99. The van der Waals surface area contributed by atoms with Gasteiger partial charge in [-0.1, -0.05) is 6.07 Å². The molecule has 0 spiro atoms. The predicted octanol–water partition coefficient (Wildman–Crippen LogP) is 1.74. The summed E-state index contributed by atoms with van der Waals surface area (Å²) >= 11 is 1.51. The summed E-state index contributed by atoms with van der Waals surface area (Å²) < 4.78 is 0. The van der Waals surface area contributed by atoms with Crippen LogP contribution in [0.5, 0.6) is 0 Å². The van der Waals surface area contributed by atoms with Crippen molar-refractivity contribution in [2.24, 2.45) is 5.92 Å². The second-order valence-electron chi connectivity index (χ2n) is 3.79. The number of carboxylic acids is 1. The first kappa shape index (κ1) is 11.1. The average molecular weight is 239 g/mol. The zero-order valence-electron chi connectivity index (χ0n) is 8.92. The molecule has 0 unspecified atom stereocenters. The van der Waals surface area contributed by atoms with E-state index >= 15 is 0 Å². The molecular formula is C11H13NO3S. The Morgan fingerprint density at radius 3 is 2.94 bits per heavy atom. The number of thiophene rings is 1. The molecule has 0 bridgehead atoms. The highest BCUT2D eigenvalue weighted by Crippen LogP contribution is 2.39. The van der Waals surface area contributed by atoms with Gasteiger partial charge < -0.3 is 10.0 Å². The highest BCUT2D eigenvalue weighted by molar-refractivity contribution is 7.10. The van der Waals surface area contributed by atoms with Crippen molar-refractivity contribution in [3.05, 3.63) is 22.4 Å². The number of hydrogen-bond donors (Lipinski definition) is 1. The molecule has 2 atom stereocenters. The molecule has 1 amide bonds. The average Bonchev–Trinajstić information content (AvgIpc) is 2.83. The van der Waals surface area contributed by atoms with Crippen LogP contribution < -0.4 is 0 Å². The summed E-state index contributed by atoms with van der Waals surface area (Å²) in [5, 5.41) is 11.0. The van der Waals surface area contributed by atoms with Gasteiger partial charge in [0.25, 0.3) is 0 Å². The van der Waals surface area contributed by atoms with Crippen LogP contribution in [0.4, 0.5) is 0 Å². The summed E-state index contributed by atoms with van der Waals surface area (Å²) in [6.45, 7) is 2.44. The van der Waals surface area contributed by atoms with E-state index in [4.69, 9.17) is 5.11 Å². The van der Waals surface area contributed by atoms with Gasteiger partial charge in [-0.3, -0.25) is 9.59 Å². The lowest BCUT2D eigenvalue weighted by Gasteiger charge is -2.24. The fourth-order valence-corrected chi connectivity index (χ4v) is 3.10. The summed E-state index contributed by atoms with van der Waals surface area (Å²) in [6.07, 6.45) is 0.117. The SMILES string of the molecule is CCN1C(=O)C[C@H](C(=O)O)[C@H]1c1cccs1. The van der Waals surface area contributed by atoms with Crippen LogP contribution >= 0.6 is 11.3 Å². The predicted molar refractivity (Wildman–Crippen MR) is 60.2 cm³/mol. The molecule has 1 saturated heterocycles. The zero-order chi connectivity index (χ0) is 11.7. The lowest BCUT2D eigenvalue weighted by Crippen LogP contribution is -2.29. The van der Waals surface area contributed by atoms with E-state index in [0.29, 0.717) is 6.54 Å². The Bertz CT molecular complexity index is 401. The number of carboxylic acid groups (broad SMARTS) is 1. The van der Waals surface area contributed by atoms with E-state index < -0.39 is 11.9 Å². The number of likely N-dealkylation sites (tertiary alicyclic amines) is 1. The molecule has 4 nitrogen and oxygen atoms in total. The maximum Gasteiger partial charge on any atom is 0.309 e. The highest BCUT2D eigenvalue weighted by atomic mass is 32.1. The largest absolute Gasteiger partial charge is 0.481 e. The first-order chi connectivity index (χ1) is 7.65. The number of nitrogens with zero attached hydrogens (tertiary/aromatic N) is 1. The maximum atomic E-state index is 11.7. The Labute approximate surface area is 97.5 Å². The normalized spacial score (nSPS) is 25.1. The minimum atomic E-state index is -0.886. The molecule has 0 saturated carbocycles. The van der Waals surface area contributed by atoms with Crippen molar-refractivity contribution in [2.45, 2.75) is 19.4 Å². The monoisotopic (exact) mass is 239 g/mol. The van der Waals surface area contributed by atoms with E-state index in [0.717, 1.165) is 4.88 Å². The van der Waals surface area contributed by atoms with Gasteiger partial charge in [0, 0.05) is 17.8 Å². The summed E-state index contributed by atoms with van der Waals surface area (Å²) in [4.78, 5) is 25.4. The molecule has 1 aliphatic rings. The van der Waals surface area contributed by atoms with E-state index in [1.807, 2.05) is 24.4 Å². The molecule has 1 fully saturated rings. The summed E-state index contributed by atoms with van der Waals surface area (Å²) in [5.41, 5.74) is 0. The van der Waals surface area contributed by atoms with Gasteiger partial charge in [-0.25, -0.2) is 0 Å². The third-order valence-electron chi connectivity index (χ3n) is 2.92.